The normalized spacial score (nSPS) is 10.1. The van der Waals surface area contributed by atoms with E-state index in [0.717, 1.165) is 0 Å². The Morgan fingerprint density at radius 1 is 1.25 bits per heavy atom. The van der Waals surface area contributed by atoms with Crippen LogP contribution in [0.4, 0.5) is 5.69 Å². The third-order valence-electron chi connectivity index (χ3n) is 2.61. The molecule has 0 aliphatic rings. The number of hydrogen-bond acceptors (Lipinski definition) is 4. The van der Waals surface area contributed by atoms with Gasteiger partial charge in [0.1, 0.15) is 12.2 Å². The summed E-state index contributed by atoms with van der Waals surface area (Å²) in [4.78, 5) is 33.4. The second-order valence-corrected chi connectivity index (χ2v) is 4.24. The Morgan fingerprint density at radius 2 is 1.95 bits per heavy atom. The molecule has 2 aromatic rings. The predicted molar refractivity (Wildman–Crippen MR) is 72.7 cm³/mol. The number of carbonyl (C=O) groups is 3. The van der Waals surface area contributed by atoms with Gasteiger partial charge >= 0.3 is 0 Å². The van der Waals surface area contributed by atoms with Gasteiger partial charge in [0.05, 0.1) is 0 Å². The summed E-state index contributed by atoms with van der Waals surface area (Å²) in [6.45, 7) is 1.48. The maximum absolute atomic E-state index is 12.0. The second kappa shape index (κ2) is 5.92. The SMILES string of the molecule is CC(=O)Nc1ccc(C(=O)Cn2ccc(C=O)n2)cc1. The maximum Gasteiger partial charge on any atom is 0.221 e. The van der Waals surface area contributed by atoms with Gasteiger partial charge < -0.3 is 5.32 Å². The Kier molecular flexibility index (Phi) is 4.05. The number of amides is 1. The van der Waals surface area contributed by atoms with Gasteiger partial charge in [-0.05, 0) is 30.3 Å². The first-order valence-corrected chi connectivity index (χ1v) is 5.98. The fraction of sp³-hybridized carbons (Fsp3) is 0.143. The smallest absolute Gasteiger partial charge is 0.221 e. The molecule has 1 N–H and O–H groups in total. The van der Waals surface area contributed by atoms with Crippen molar-refractivity contribution in [3.8, 4) is 0 Å². The number of Topliss-reactive ketones (excluding diaryl/α,β-unsaturated/α-hetero) is 1. The molecule has 0 radical (unpaired) electrons. The highest BCUT2D eigenvalue weighted by Crippen LogP contribution is 2.10. The molecule has 0 bridgehead atoms. The van der Waals surface area contributed by atoms with Crippen LogP contribution in [0.25, 0.3) is 0 Å². The minimum absolute atomic E-state index is 0.0628. The fourth-order valence-corrected chi connectivity index (χ4v) is 1.71. The van der Waals surface area contributed by atoms with Gasteiger partial charge in [-0.25, -0.2) is 0 Å². The second-order valence-electron chi connectivity index (χ2n) is 4.24. The molecule has 0 saturated carbocycles. The molecular weight excluding hydrogens is 258 g/mol. The number of ketones is 1. The molecule has 1 amide bonds. The standard InChI is InChI=1S/C14H13N3O3/c1-10(19)15-12-4-2-11(3-5-12)14(20)8-17-7-6-13(9-18)16-17/h2-7,9H,8H2,1H3,(H,15,19). The van der Waals surface area contributed by atoms with Crippen LogP contribution in [0, 0.1) is 0 Å². The quantitative estimate of drug-likeness (QED) is 0.660. The molecule has 0 saturated heterocycles. The summed E-state index contributed by atoms with van der Waals surface area (Å²) in [5.74, 6) is -0.290. The van der Waals surface area contributed by atoms with Crippen molar-refractivity contribution in [2.75, 3.05) is 5.32 Å². The first kappa shape index (κ1) is 13.7. The van der Waals surface area contributed by atoms with E-state index in [0.29, 0.717) is 23.2 Å². The average Bonchev–Trinajstić information content (AvgIpc) is 2.86. The number of hydrogen-bond donors (Lipinski definition) is 1. The van der Waals surface area contributed by atoms with Crippen molar-refractivity contribution in [1.29, 1.82) is 0 Å². The molecule has 0 spiro atoms. The zero-order valence-corrected chi connectivity index (χ0v) is 10.9. The highest BCUT2D eigenvalue weighted by atomic mass is 16.1. The summed E-state index contributed by atoms with van der Waals surface area (Å²) in [6.07, 6.45) is 2.20. The van der Waals surface area contributed by atoms with Crippen molar-refractivity contribution in [2.24, 2.45) is 0 Å². The highest BCUT2D eigenvalue weighted by molar-refractivity contribution is 5.96. The summed E-state index contributed by atoms with van der Waals surface area (Å²) >= 11 is 0. The molecule has 102 valence electrons. The molecule has 1 heterocycles. The molecule has 2 rings (SSSR count). The van der Waals surface area contributed by atoms with Crippen molar-refractivity contribution in [2.45, 2.75) is 13.5 Å². The molecule has 1 aromatic heterocycles. The van der Waals surface area contributed by atoms with Gasteiger partial charge in [-0.1, -0.05) is 0 Å². The fourth-order valence-electron chi connectivity index (χ4n) is 1.71. The van der Waals surface area contributed by atoms with E-state index in [1.165, 1.54) is 11.6 Å². The van der Waals surface area contributed by atoms with E-state index in [2.05, 4.69) is 10.4 Å². The lowest BCUT2D eigenvalue weighted by molar-refractivity contribution is -0.114. The average molecular weight is 271 g/mol. The van der Waals surface area contributed by atoms with Gasteiger partial charge in [-0.15, -0.1) is 0 Å². The Bertz CT molecular complexity index is 644. The van der Waals surface area contributed by atoms with Crippen molar-refractivity contribution < 1.29 is 14.4 Å². The number of aldehydes is 1. The largest absolute Gasteiger partial charge is 0.326 e. The first-order chi connectivity index (χ1) is 9.58. The molecule has 0 aliphatic heterocycles. The summed E-state index contributed by atoms with van der Waals surface area (Å²) in [7, 11) is 0. The van der Waals surface area contributed by atoms with Gasteiger partial charge in [-0.3, -0.25) is 19.1 Å². The van der Waals surface area contributed by atoms with Crippen LogP contribution in [0.2, 0.25) is 0 Å². The van der Waals surface area contributed by atoms with Crippen LogP contribution in [0.3, 0.4) is 0 Å². The van der Waals surface area contributed by atoms with Crippen molar-refractivity contribution in [1.82, 2.24) is 9.78 Å². The monoisotopic (exact) mass is 271 g/mol. The lowest BCUT2D eigenvalue weighted by Crippen LogP contribution is -2.11. The third-order valence-corrected chi connectivity index (χ3v) is 2.61. The lowest BCUT2D eigenvalue weighted by atomic mass is 10.1. The number of carbonyl (C=O) groups excluding carboxylic acids is 3. The molecule has 20 heavy (non-hydrogen) atoms. The van der Waals surface area contributed by atoms with Crippen LogP contribution in [0.15, 0.2) is 36.5 Å². The molecule has 0 atom stereocenters. The van der Waals surface area contributed by atoms with E-state index in [4.69, 9.17) is 0 Å². The number of nitrogens with one attached hydrogen (secondary N) is 1. The third kappa shape index (κ3) is 3.38. The Labute approximate surface area is 115 Å². The van der Waals surface area contributed by atoms with Crippen molar-refractivity contribution in [3.05, 3.63) is 47.8 Å². The van der Waals surface area contributed by atoms with Gasteiger partial charge in [0.15, 0.2) is 12.1 Å². The Hall–Kier alpha value is -2.76. The summed E-state index contributed by atoms with van der Waals surface area (Å²) in [6, 6.07) is 8.14. The predicted octanol–water partition coefficient (Wildman–Crippen LogP) is 1.54. The van der Waals surface area contributed by atoms with Crippen LogP contribution in [0.5, 0.6) is 0 Å². The molecular formula is C14H13N3O3. The van der Waals surface area contributed by atoms with Crippen molar-refractivity contribution >= 4 is 23.7 Å². The Morgan fingerprint density at radius 3 is 2.50 bits per heavy atom. The number of nitrogens with zero attached hydrogens (tertiary/aromatic N) is 2. The van der Waals surface area contributed by atoms with E-state index in [1.54, 1.807) is 36.5 Å². The molecule has 0 fully saturated rings. The molecule has 6 nitrogen and oxygen atoms in total. The number of rotatable bonds is 5. The molecule has 6 heteroatoms. The van der Waals surface area contributed by atoms with Gasteiger partial charge in [0, 0.05) is 24.4 Å². The van der Waals surface area contributed by atoms with Crippen LogP contribution in [-0.4, -0.2) is 27.8 Å². The Balaban J connectivity index is 2.05. The number of anilines is 1. The molecule has 0 aliphatic carbocycles. The van der Waals surface area contributed by atoms with Crippen LogP contribution in [0.1, 0.15) is 27.8 Å². The zero-order chi connectivity index (χ0) is 14.5. The van der Waals surface area contributed by atoms with E-state index >= 15 is 0 Å². The summed E-state index contributed by atoms with van der Waals surface area (Å²) < 4.78 is 1.41. The topological polar surface area (TPSA) is 81.1 Å². The number of aromatic nitrogens is 2. The lowest BCUT2D eigenvalue weighted by Gasteiger charge is -2.04. The van der Waals surface area contributed by atoms with E-state index < -0.39 is 0 Å². The number of benzene rings is 1. The first-order valence-electron chi connectivity index (χ1n) is 5.98. The van der Waals surface area contributed by atoms with E-state index in [1.807, 2.05) is 0 Å². The van der Waals surface area contributed by atoms with E-state index in [-0.39, 0.29) is 18.2 Å². The highest BCUT2D eigenvalue weighted by Gasteiger charge is 2.08. The summed E-state index contributed by atoms with van der Waals surface area (Å²) in [5, 5.41) is 6.55. The van der Waals surface area contributed by atoms with Gasteiger partial charge in [0.2, 0.25) is 5.91 Å². The zero-order valence-electron chi connectivity index (χ0n) is 10.9. The van der Waals surface area contributed by atoms with Gasteiger partial charge in [-0.2, -0.15) is 5.10 Å². The molecule has 1 aromatic carbocycles. The minimum Gasteiger partial charge on any atom is -0.326 e. The van der Waals surface area contributed by atoms with E-state index in [9.17, 15) is 14.4 Å². The van der Waals surface area contributed by atoms with Crippen LogP contribution >= 0.6 is 0 Å². The van der Waals surface area contributed by atoms with Crippen LogP contribution < -0.4 is 5.32 Å². The minimum atomic E-state index is -0.165. The maximum atomic E-state index is 12.0. The van der Waals surface area contributed by atoms with Crippen molar-refractivity contribution in [3.63, 3.8) is 0 Å². The van der Waals surface area contributed by atoms with Crippen LogP contribution in [-0.2, 0) is 11.3 Å². The van der Waals surface area contributed by atoms with Gasteiger partial charge in [0.25, 0.3) is 0 Å². The molecule has 0 unspecified atom stereocenters. The summed E-state index contributed by atoms with van der Waals surface area (Å²) in [5.41, 5.74) is 1.44.